The first kappa shape index (κ1) is 18.9. The highest BCUT2D eigenvalue weighted by Gasteiger charge is 2.21. The van der Waals surface area contributed by atoms with Crippen LogP contribution in [0.5, 0.6) is 11.5 Å². The molecule has 1 unspecified atom stereocenters. The number of carbonyl (C=O) groups is 1. The van der Waals surface area contributed by atoms with Crippen molar-refractivity contribution in [1.29, 1.82) is 0 Å². The van der Waals surface area contributed by atoms with E-state index in [2.05, 4.69) is 20.2 Å². The monoisotopic (exact) mass is 370 g/mol. The van der Waals surface area contributed by atoms with E-state index in [4.69, 9.17) is 9.47 Å². The van der Waals surface area contributed by atoms with Crippen LogP contribution >= 0.6 is 0 Å². The van der Waals surface area contributed by atoms with Crippen LogP contribution in [0.1, 0.15) is 41.8 Å². The molecule has 1 atom stereocenters. The summed E-state index contributed by atoms with van der Waals surface area (Å²) in [5, 5.41) is 2.92. The number of aromatic nitrogens is 2. The van der Waals surface area contributed by atoms with Gasteiger partial charge in [0.25, 0.3) is 5.91 Å². The van der Waals surface area contributed by atoms with Gasteiger partial charge in [-0.05, 0) is 43.0 Å². The molecular formula is C20H26N4O3. The summed E-state index contributed by atoms with van der Waals surface area (Å²) < 4.78 is 10.8. The molecule has 1 aliphatic heterocycles. The molecule has 0 aliphatic carbocycles. The fourth-order valence-electron chi connectivity index (χ4n) is 3.06. The van der Waals surface area contributed by atoms with Gasteiger partial charge in [-0.3, -0.25) is 4.79 Å². The number of hydrogen-bond acceptors (Lipinski definition) is 6. The molecule has 0 saturated heterocycles. The fraction of sp³-hybridized carbons (Fsp3) is 0.450. The lowest BCUT2D eigenvalue weighted by atomic mass is 9.99. The van der Waals surface area contributed by atoms with E-state index >= 15 is 0 Å². The van der Waals surface area contributed by atoms with Crippen LogP contribution in [0.25, 0.3) is 0 Å². The van der Waals surface area contributed by atoms with E-state index in [1.54, 1.807) is 26.6 Å². The summed E-state index contributed by atoms with van der Waals surface area (Å²) in [4.78, 5) is 23.1. The molecule has 27 heavy (non-hydrogen) atoms. The van der Waals surface area contributed by atoms with Crippen LogP contribution < -0.4 is 19.7 Å². The summed E-state index contributed by atoms with van der Waals surface area (Å²) in [7, 11) is 3.28. The van der Waals surface area contributed by atoms with E-state index in [0.717, 1.165) is 30.9 Å². The highest BCUT2D eigenvalue weighted by molar-refractivity contribution is 5.93. The number of ether oxygens (including phenoxy) is 2. The summed E-state index contributed by atoms with van der Waals surface area (Å²) in [5.74, 6) is 1.95. The number of rotatable bonds is 6. The van der Waals surface area contributed by atoms with E-state index in [-0.39, 0.29) is 11.9 Å². The third kappa shape index (κ3) is 4.13. The lowest BCUT2D eigenvalue weighted by molar-refractivity contribution is 0.0938. The van der Waals surface area contributed by atoms with E-state index in [1.165, 1.54) is 11.1 Å². The maximum absolute atomic E-state index is 12.2. The van der Waals surface area contributed by atoms with Crippen molar-refractivity contribution < 1.29 is 14.3 Å². The van der Waals surface area contributed by atoms with Crippen LogP contribution in [-0.2, 0) is 13.0 Å². The summed E-state index contributed by atoms with van der Waals surface area (Å²) in [6, 6.07) is 4.17. The standard InChI is InChI=1S/C20H26N4O3/c1-5-13(2)23-19(25)16-10-21-20(22-11-16)24-7-6-14-8-17(26-3)18(27-4)9-15(14)12-24/h8-11,13H,5-7,12H2,1-4H3,(H,23,25). The molecule has 0 spiro atoms. The number of anilines is 1. The third-order valence-corrected chi connectivity index (χ3v) is 4.89. The molecule has 3 rings (SSSR count). The summed E-state index contributed by atoms with van der Waals surface area (Å²) in [6.45, 7) is 5.50. The van der Waals surface area contributed by atoms with Gasteiger partial charge < -0.3 is 19.7 Å². The number of benzene rings is 1. The second kappa shape index (κ2) is 8.24. The minimum absolute atomic E-state index is 0.128. The zero-order valence-electron chi connectivity index (χ0n) is 16.3. The maximum atomic E-state index is 12.2. The van der Waals surface area contributed by atoms with Gasteiger partial charge in [-0.2, -0.15) is 0 Å². The maximum Gasteiger partial charge on any atom is 0.254 e. The molecule has 0 radical (unpaired) electrons. The second-order valence-corrected chi connectivity index (χ2v) is 6.70. The van der Waals surface area contributed by atoms with Gasteiger partial charge in [-0.25, -0.2) is 9.97 Å². The minimum Gasteiger partial charge on any atom is -0.493 e. The van der Waals surface area contributed by atoms with Gasteiger partial charge in [0.15, 0.2) is 11.5 Å². The van der Waals surface area contributed by atoms with Crippen LogP contribution in [0.4, 0.5) is 5.95 Å². The Morgan fingerprint density at radius 2 is 1.81 bits per heavy atom. The Bertz CT molecular complexity index is 808. The number of nitrogens with zero attached hydrogens (tertiary/aromatic N) is 3. The molecular weight excluding hydrogens is 344 g/mol. The van der Waals surface area contributed by atoms with Crippen LogP contribution in [0, 0.1) is 0 Å². The van der Waals surface area contributed by atoms with Gasteiger partial charge in [0.2, 0.25) is 5.95 Å². The van der Waals surface area contributed by atoms with Crippen molar-refractivity contribution in [2.75, 3.05) is 25.7 Å². The molecule has 144 valence electrons. The van der Waals surface area contributed by atoms with Crippen LogP contribution in [0.2, 0.25) is 0 Å². The Balaban J connectivity index is 1.74. The van der Waals surface area contributed by atoms with Gasteiger partial charge in [-0.1, -0.05) is 6.92 Å². The van der Waals surface area contributed by atoms with Crippen LogP contribution in [0.3, 0.4) is 0 Å². The third-order valence-electron chi connectivity index (χ3n) is 4.89. The normalized spacial score (nSPS) is 14.3. The topological polar surface area (TPSA) is 76.6 Å². The van der Waals surface area contributed by atoms with Gasteiger partial charge in [0.05, 0.1) is 19.8 Å². The van der Waals surface area contributed by atoms with E-state index in [0.29, 0.717) is 18.1 Å². The number of methoxy groups -OCH3 is 2. The summed E-state index contributed by atoms with van der Waals surface area (Å²) in [6.07, 6.45) is 4.93. The fourth-order valence-corrected chi connectivity index (χ4v) is 3.06. The quantitative estimate of drug-likeness (QED) is 0.842. The van der Waals surface area contributed by atoms with Gasteiger partial charge in [0, 0.05) is 31.5 Å². The Labute approximate surface area is 159 Å². The molecule has 0 bridgehead atoms. The Hall–Kier alpha value is -2.83. The predicted octanol–water partition coefficient (Wildman–Crippen LogP) is 2.58. The Morgan fingerprint density at radius 1 is 1.19 bits per heavy atom. The lowest BCUT2D eigenvalue weighted by Gasteiger charge is -2.29. The van der Waals surface area contributed by atoms with Crippen LogP contribution in [0.15, 0.2) is 24.5 Å². The van der Waals surface area contributed by atoms with Crippen molar-refractivity contribution in [3.8, 4) is 11.5 Å². The molecule has 0 saturated carbocycles. The summed E-state index contributed by atoms with van der Waals surface area (Å²) in [5.41, 5.74) is 2.89. The average molecular weight is 370 g/mol. The molecule has 0 fully saturated rings. The lowest BCUT2D eigenvalue weighted by Crippen LogP contribution is -2.33. The van der Waals surface area contributed by atoms with Crippen molar-refractivity contribution >= 4 is 11.9 Å². The second-order valence-electron chi connectivity index (χ2n) is 6.70. The van der Waals surface area contributed by atoms with Gasteiger partial charge in [0.1, 0.15) is 0 Å². The Kier molecular flexibility index (Phi) is 5.78. The molecule has 1 aliphatic rings. The number of nitrogens with one attached hydrogen (secondary N) is 1. The van der Waals surface area contributed by atoms with Crippen molar-refractivity contribution in [3.63, 3.8) is 0 Å². The van der Waals surface area contributed by atoms with E-state index < -0.39 is 0 Å². The molecule has 2 aromatic rings. The number of fused-ring (bicyclic) bond motifs is 1. The van der Waals surface area contributed by atoms with E-state index in [1.807, 2.05) is 26.0 Å². The number of amides is 1. The zero-order chi connectivity index (χ0) is 19.4. The molecule has 2 heterocycles. The molecule has 7 heteroatoms. The molecule has 1 N–H and O–H groups in total. The molecule has 1 aromatic heterocycles. The first-order chi connectivity index (χ1) is 13.0. The number of carbonyl (C=O) groups excluding carboxylic acids is 1. The minimum atomic E-state index is -0.142. The smallest absolute Gasteiger partial charge is 0.254 e. The molecule has 1 aromatic carbocycles. The highest BCUT2D eigenvalue weighted by atomic mass is 16.5. The summed E-state index contributed by atoms with van der Waals surface area (Å²) >= 11 is 0. The molecule has 1 amide bonds. The van der Waals surface area contributed by atoms with E-state index in [9.17, 15) is 4.79 Å². The van der Waals surface area contributed by atoms with Crippen molar-refractivity contribution in [3.05, 3.63) is 41.2 Å². The largest absolute Gasteiger partial charge is 0.493 e. The van der Waals surface area contributed by atoms with Crippen molar-refractivity contribution in [2.45, 2.75) is 39.3 Å². The SMILES string of the molecule is CCC(C)NC(=O)c1cnc(N2CCc3cc(OC)c(OC)cc3C2)nc1. The highest BCUT2D eigenvalue weighted by Crippen LogP contribution is 2.33. The first-order valence-electron chi connectivity index (χ1n) is 9.17. The first-order valence-corrected chi connectivity index (χ1v) is 9.17. The predicted molar refractivity (Wildman–Crippen MR) is 104 cm³/mol. The average Bonchev–Trinajstić information content (AvgIpc) is 2.72. The van der Waals surface area contributed by atoms with Crippen LogP contribution in [-0.4, -0.2) is 42.7 Å². The van der Waals surface area contributed by atoms with Crippen molar-refractivity contribution in [1.82, 2.24) is 15.3 Å². The number of hydrogen-bond donors (Lipinski definition) is 1. The van der Waals surface area contributed by atoms with Gasteiger partial charge >= 0.3 is 0 Å². The zero-order valence-corrected chi connectivity index (χ0v) is 16.3. The van der Waals surface area contributed by atoms with Gasteiger partial charge in [-0.15, -0.1) is 0 Å². The molecule has 7 nitrogen and oxygen atoms in total. The van der Waals surface area contributed by atoms with Crippen molar-refractivity contribution in [2.24, 2.45) is 0 Å². The Morgan fingerprint density at radius 3 is 2.41 bits per heavy atom.